The normalized spacial score (nSPS) is 12.5. The number of H-pyrrole nitrogens is 1. The van der Waals surface area contributed by atoms with E-state index in [0.29, 0.717) is 30.2 Å². The second kappa shape index (κ2) is 6.49. The Kier molecular flexibility index (Phi) is 4.03. The van der Waals surface area contributed by atoms with Gasteiger partial charge < -0.3 is 24.5 Å². The van der Waals surface area contributed by atoms with Gasteiger partial charge in [0.25, 0.3) is 5.56 Å². The first kappa shape index (κ1) is 15.5. The minimum atomic E-state index is -0.112. The van der Waals surface area contributed by atoms with E-state index in [-0.39, 0.29) is 12.4 Å². The quantitative estimate of drug-likeness (QED) is 0.748. The van der Waals surface area contributed by atoms with Crippen LogP contribution in [0.2, 0.25) is 0 Å². The number of nitrogens with one attached hydrogen (secondary N) is 2. The van der Waals surface area contributed by atoms with Crippen molar-refractivity contribution in [1.29, 1.82) is 0 Å². The Morgan fingerprint density at radius 1 is 1.08 bits per heavy atom. The van der Waals surface area contributed by atoms with Gasteiger partial charge in [0.15, 0.2) is 11.5 Å². The van der Waals surface area contributed by atoms with E-state index in [2.05, 4.69) is 10.3 Å². The highest BCUT2D eigenvalue weighted by Crippen LogP contribution is 2.35. The third-order valence-electron chi connectivity index (χ3n) is 4.24. The zero-order valence-electron chi connectivity index (χ0n) is 13.8. The fourth-order valence-corrected chi connectivity index (χ4v) is 2.95. The molecule has 3 aromatic rings. The van der Waals surface area contributed by atoms with Gasteiger partial charge in [-0.1, -0.05) is 18.2 Å². The molecule has 1 aromatic heterocycles. The lowest BCUT2D eigenvalue weighted by Crippen LogP contribution is -2.21. The Labute approximate surface area is 144 Å². The molecule has 6 nitrogen and oxygen atoms in total. The van der Waals surface area contributed by atoms with Crippen LogP contribution in [-0.4, -0.2) is 18.9 Å². The van der Waals surface area contributed by atoms with Gasteiger partial charge in [0.05, 0.1) is 12.6 Å². The number of hydrogen-bond acceptors (Lipinski definition) is 5. The summed E-state index contributed by atoms with van der Waals surface area (Å²) in [7, 11) is 1.65. The predicted molar refractivity (Wildman–Crippen MR) is 94.2 cm³/mol. The first-order valence-electron chi connectivity index (χ1n) is 8.03. The molecule has 4 rings (SSSR count). The topological polar surface area (TPSA) is 72.6 Å². The van der Waals surface area contributed by atoms with E-state index < -0.39 is 0 Å². The van der Waals surface area contributed by atoms with E-state index in [1.54, 1.807) is 13.2 Å². The minimum Gasteiger partial charge on any atom is -0.496 e. The van der Waals surface area contributed by atoms with Crippen molar-refractivity contribution in [3.05, 3.63) is 63.9 Å². The standard InChI is InChI=1S/C19H18N2O4/c1-23-16-5-3-2-4-12(16)9-20-10-14-6-13-7-17-18(25-11-24-17)8-15(13)21-19(14)22/h2-8,20H,9-11H2,1H3,(H,21,22). The number of pyridine rings is 1. The number of benzene rings is 2. The molecule has 1 aliphatic heterocycles. The van der Waals surface area contributed by atoms with Crippen LogP contribution in [0.5, 0.6) is 17.2 Å². The van der Waals surface area contributed by atoms with Crippen molar-refractivity contribution in [2.45, 2.75) is 13.1 Å². The maximum absolute atomic E-state index is 12.3. The number of para-hydroxylation sites is 1. The number of methoxy groups -OCH3 is 1. The van der Waals surface area contributed by atoms with Gasteiger partial charge in [0.2, 0.25) is 6.79 Å². The smallest absolute Gasteiger partial charge is 0.252 e. The van der Waals surface area contributed by atoms with Crippen molar-refractivity contribution in [3.8, 4) is 17.2 Å². The average molecular weight is 338 g/mol. The molecule has 2 heterocycles. The van der Waals surface area contributed by atoms with E-state index in [9.17, 15) is 4.79 Å². The highest BCUT2D eigenvalue weighted by atomic mass is 16.7. The number of aromatic amines is 1. The van der Waals surface area contributed by atoms with Gasteiger partial charge in [0, 0.05) is 35.7 Å². The summed E-state index contributed by atoms with van der Waals surface area (Å²) in [6.45, 7) is 1.28. The van der Waals surface area contributed by atoms with Gasteiger partial charge >= 0.3 is 0 Å². The molecule has 6 heteroatoms. The Bertz CT molecular complexity index is 981. The predicted octanol–water partition coefficient (Wildman–Crippen LogP) is 2.56. The highest BCUT2D eigenvalue weighted by molar-refractivity contribution is 5.83. The third kappa shape index (κ3) is 3.04. The molecule has 128 valence electrons. The van der Waals surface area contributed by atoms with Crippen LogP contribution in [0.4, 0.5) is 0 Å². The van der Waals surface area contributed by atoms with Crippen LogP contribution in [0.15, 0.2) is 47.3 Å². The summed E-state index contributed by atoms with van der Waals surface area (Å²) in [5.41, 5.74) is 2.34. The van der Waals surface area contributed by atoms with Crippen molar-refractivity contribution >= 4 is 10.9 Å². The van der Waals surface area contributed by atoms with Gasteiger partial charge in [-0.3, -0.25) is 4.79 Å². The van der Waals surface area contributed by atoms with Gasteiger partial charge in [-0.25, -0.2) is 0 Å². The molecular formula is C19H18N2O4. The first-order chi connectivity index (χ1) is 12.2. The summed E-state index contributed by atoms with van der Waals surface area (Å²) in [4.78, 5) is 15.2. The third-order valence-corrected chi connectivity index (χ3v) is 4.24. The summed E-state index contributed by atoms with van der Waals surface area (Å²) >= 11 is 0. The van der Waals surface area contributed by atoms with Gasteiger partial charge in [-0.05, 0) is 18.2 Å². The highest BCUT2D eigenvalue weighted by Gasteiger charge is 2.15. The molecule has 0 radical (unpaired) electrons. The van der Waals surface area contributed by atoms with E-state index in [4.69, 9.17) is 14.2 Å². The van der Waals surface area contributed by atoms with Crippen LogP contribution in [0.25, 0.3) is 10.9 Å². The number of ether oxygens (including phenoxy) is 3. The van der Waals surface area contributed by atoms with Crippen LogP contribution >= 0.6 is 0 Å². The molecule has 0 saturated heterocycles. The molecule has 0 fully saturated rings. The van der Waals surface area contributed by atoms with Crippen molar-refractivity contribution in [2.24, 2.45) is 0 Å². The van der Waals surface area contributed by atoms with Crippen LogP contribution in [0.3, 0.4) is 0 Å². The zero-order valence-corrected chi connectivity index (χ0v) is 13.8. The molecule has 25 heavy (non-hydrogen) atoms. The molecule has 2 N–H and O–H groups in total. The van der Waals surface area contributed by atoms with Crippen LogP contribution in [0, 0.1) is 0 Å². The molecule has 2 aromatic carbocycles. The number of hydrogen-bond donors (Lipinski definition) is 2. The monoisotopic (exact) mass is 338 g/mol. The molecule has 0 aliphatic carbocycles. The largest absolute Gasteiger partial charge is 0.496 e. The maximum atomic E-state index is 12.3. The van der Waals surface area contributed by atoms with Gasteiger partial charge in [-0.2, -0.15) is 0 Å². The second-order valence-electron chi connectivity index (χ2n) is 5.83. The van der Waals surface area contributed by atoms with E-state index >= 15 is 0 Å². The van der Waals surface area contributed by atoms with Crippen molar-refractivity contribution in [3.63, 3.8) is 0 Å². The van der Waals surface area contributed by atoms with E-state index in [1.807, 2.05) is 36.4 Å². The lowest BCUT2D eigenvalue weighted by atomic mass is 10.1. The number of aromatic nitrogens is 1. The summed E-state index contributed by atoms with van der Waals surface area (Å²) < 4.78 is 16.1. The Hall–Kier alpha value is -2.99. The number of fused-ring (bicyclic) bond motifs is 2. The van der Waals surface area contributed by atoms with E-state index in [0.717, 1.165) is 22.2 Å². The van der Waals surface area contributed by atoms with Gasteiger partial charge in [0.1, 0.15) is 5.75 Å². The van der Waals surface area contributed by atoms with Gasteiger partial charge in [-0.15, -0.1) is 0 Å². The molecular weight excluding hydrogens is 320 g/mol. The Balaban J connectivity index is 1.54. The minimum absolute atomic E-state index is 0.112. The zero-order chi connectivity index (χ0) is 17.2. The number of rotatable bonds is 5. The Morgan fingerprint density at radius 2 is 1.84 bits per heavy atom. The van der Waals surface area contributed by atoms with Crippen LogP contribution in [-0.2, 0) is 13.1 Å². The molecule has 0 bridgehead atoms. The molecule has 1 aliphatic rings. The van der Waals surface area contributed by atoms with Crippen molar-refractivity contribution in [2.75, 3.05) is 13.9 Å². The lowest BCUT2D eigenvalue weighted by Gasteiger charge is -2.10. The molecule has 0 atom stereocenters. The maximum Gasteiger partial charge on any atom is 0.252 e. The average Bonchev–Trinajstić information content (AvgIpc) is 3.08. The summed E-state index contributed by atoms with van der Waals surface area (Å²) in [5, 5.41) is 4.21. The van der Waals surface area contributed by atoms with Crippen LogP contribution in [0.1, 0.15) is 11.1 Å². The molecule has 0 amide bonds. The SMILES string of the molecule is COc1ccccc1CNCc1cc2cc3c(cc2[nH]c1=O)OCO3. The summed E-state index contributed by atoms with van der Waals surface area (Å²) in [5.74, 6) is 2.19. The second-order valence-corrected chi connectivity index (χ2v) is 5.83. The fourth-order valence-electron chi connectivity index (χ4n) is 2.95. The Morgan fingerprint density at radius 3 is 2.68 bits per heavy atom. The molecule has 0 unspecified atom stereocenters. The van der Waals surface area contributed by atoms with Crippen LogP contribution < -0.4 is 25.1 Å². The van der Waals surface area contributed by atoms with Crippen molar-refractivity contribution in [1.82, 2.24) is 10.3 Å². The molecule has 0 saturated carbocycles. The molecule has 0 spiro atoms. The first-order valence-corrected chi connectivity index (χ1v) is 8.03. The van der Waals surface area contributed by atoms with E-state index in [1.165, 1.54) is 0 Å². The fraction of sp³-hybridized carbons (Fsp3) is 0.211. The van der Waals surface area contributed by atoms with Crippen molar-refractivity contribution < 1.29 is 14.2 Å². The lowest BCUT2D eigenvalue weighted by molar-refractivity contribution is 0.174. The summed E-state index contributed by atoms with van der Waals surface area (Å²) in [6.07, 6.45) is 0. The summed E-state index contributed by atoms with van der Waals surface area (Å²) in [6, 6.07) is 13.4.